The maximum absolute atomic E-state index is 2.83. The zero-order valence-electron chi connectivity index (χ0n) is 13.2. The van der Waals surface area contributed by atoms with Gasteiger partial charge in [0.2, 0.25) is 0 Å². The summed E-state index contributed by atoms with van der Waals surface area (Å²) in [5, 5.41) is 1.25. The van der Waals surface area contributed by atoms with Crippen LogP contribution in [-0.2, 0) is 17.1 Å². The summed E-state index contributed by atoms with van der Waals surface area (Å²) in [7, 11) is 2.83. The molecule has 0 nitrogen and oxygen atoms in total. The molecular formula is C22H19FeP-6. The van der Waals surface area contributed by atoms with Crippen LogP contribution in [0, 0.1) is 0 Å². The van der Waals surface area contributed by atoms with Crippen LogP contribution in [0.5, 0.6) is 0 Å². The Hall–Kier alpha value is -1.91. The van der Waals surface area contributed by atoms with Crippen LogP contribution in [0.1, 0.15) is 0 Å². The van der Waals surface area contributed by atoms with Gasteiger partial charge in [-0.25, -0.2) is 0 Å². The molecule has 0 aromatic heterocycles. The third kappa shape index (κ3) is 4.56. The Morgan fingerprint density at radius 3 is 1.58 bits per heavy atom. The van der Waals surface area contributed by atoms with Crippen LogP contribution >= 0.6 is 9.24 Å². The fourth-order valence-electron chi connectivity index (χ4n) is 2.60. The second-order valence-electron chi connectivity index (χ2n) is 5.27. The van der Waals surface area contributed by atoms with E-state index in [0.717, 1.165) is 0 Å². The van der Waals surface area contributed by atoms with Gasteiger partial charge in [-0.1, -0.05) is 71.8 Å². The van der Waals surface area contributed by atoms with Crippen molar-refractivity contribution in [2.45, 2.75) is 0 Å². The summed E-state index contributed by atoms with van der Waals surface area (Å²) in [5.74, 6) is 0. The topological polar surface area (TPSA) is 0 Å². The molecule has 4 aromatic rings. The van der Waals surface area contributed by atoms with E-state index < -0.39 is 0 Å². The van der Waals surface area contributed by atoms with Crippen molar-refractivity contribution in [1.29, 1.82) is 0 Å². The van der Waals surface area contributed by atoms with Gasteiger partial charge in [0.15, 0.2) is 0 Å². The molecule has 4 rings (SSSR count). The van der Waals surface area contributed by atoms with Gasteiger partial charge in [0.1, 0.15) is 0 Å². The Kier molecular flexibility index (Phi) is 7.22. The SMILES string of the molecule is P[c-]1ccc(-c2ccccc2)c1-c1ccccc1.[Fe].[cH-]1[cH-][cH-][cH-][cH-]1. The van der Waals surface area contributed by atoms with E-state index in [1.807, 2.05) is 30.3 Å². The molecule has 0 amide bonds. The summed E-state index contributed by atoms with van der Waals surface area (Å²) in [4.78, 5) is 0. The standard InChI is InChI=1S/C17H14P.C5H5.Fe/c18-16-12-11-15(13-7-3-1-4-8-13)17(16)14-9-5-2-6-10-14;1-2-4-5-3-1;/h1-12H,18H2;1-5H;/q-1;-5;. The maximum atomic E-state index is 2.83. The van der Waals surface area contributed by atoms with Gasteiger partial charge < -0.3 is 30.3 Å². The molecule has 0 saturated carbocycles. The summed E-state index contributed by atoms with van der Waals surface area (Å²) < 4.78 is 0. The maximum Gasteiger partial charge on any atom is 0 e. The van der Waals surface area contributed by atoms with Crippen LogP contribution in [0.2, 0.25) is 0 Å². The van der Waals surface area contributed by atoms with Crippen LogP contribution in [-0.4, -0.2) is 0 Å². The smallest absolute Gasteiger partial charge is 0 e. The minimum atomic E-state index is 0. The van der Waals surface area contributed by atoms with Crippen molar-refractivity contribution in [3.05, 3.63) is 103 Å². The molecule has 0 spiro atoms. The second-order valence-corrected chi connectivity index (χ2v) is 5.89. The fraction of sp³-hybridized carbons (Fsp3) is 0. The molecule has 0 N–H and O–H groups in total. The van der Waals surface area contributed by atoms with Crippen LogP contribution in [0.3, 0.4) is 0 Å². The molecule has 0 fully saturated rings. The van der Waals surface area contributed by atoms with E-state index in [0.29, 0.717) is 0 Å². The summed E-state index contributed by atoms with van der Waals surface area (Å²) in [6.45, 7) is 0. The van der Waals surface area contributed by atoms with Crippen molar-refractivity contribution < 1.29 is 17.1 Å². The average Bonchev–Trinajstić information content (AvgIpc) is 3.29. The Labute approximate surface area is 157 Å². The predicted molar refractivity (Wildman–Crippen MR) is 104 cm³/mol. The Morgan fingerprint density at radius 1 is 0.625 bits per heavy atom. The fourth-order valence-corrected chi connectivity index (χ4v) is 3.02. The number of benzene rings is 2. The predicted octanol–water partition coefficient (Wildman–Crippen LogP) is 5.64. The molecule has 2 heteroatoms. The number of hydrogen-bond acceptors (Lipinski definition) is 0. The van der Waals surface area contributed by atoms with E-state index in [9.17, 15) is 0 Å². The quantitative estimate of drug-likeness (QED) is 0.243. The first-order chi connectivity index (χ1) is 11.4. The van der Waals surface area contributed by atoms with Gasteiger partial charge in [-0.3, -0.25) is 0 Å². The van der Waals surface area contributed by atoms with Crippen molar-refractivity contribution in [1.82, 2.24) is 0 Å². The van der Waals surface area contributed by atoms with Crippen molar-refractivity contribution >= 4 is 14.5 Å². The van der Waals surface area contributed by atoms with Crippen molar-refractivity contribution in [3.8, 4) is 22.3 Å². The van der Waals surface area contributed by atoms with E-state index in [-0.39, 0.29) is 17.1 Å². The molecule has 4 aromatic carbocycles. The van der Waals surface area contributed by atoms with Gasteiger partial charge in [0.05, 0.1) is 0 Å². The largest absolute Gasteiger partial charge is 0.748 e. The number of rotatable bonds is 2. The molecule has 1 unspecified atom stereocenters. The Morgan fingerprint density at radius 2 is 1.08 bits per heavy atom. The first kappa shape index (κ1) is 18.4. The molecule has 0 saturated heterocycles. The summed E-state index contributed by atoms with van der Waals surface area (Å²) in [5.41, 5.74) is 5.15. The third-order valence-electron chi connectivity index (χ3n) is 3.69. The molecule has 0 aliphatic heterocycles. The first-order valence-corrected chi connectivity index (χ1v) is 8.26. The molecular weight excluding hydrogens is 351 g/mol. The van der Waals surface area contributed by atoms with Crippen LogP contribution in [0.4, 0.5) is 0 Å². The zero-order valence-corrected chi connectivity index (χ0v) is 15.5. The second kappa shape index (κ2) is 9.40. The minimum Gasteiger partial charge on any atom is -0.748 e. The van der Waals surface area contributed by atoms with Crippen molar-refractivity contribution in [3.63, 3.8) is 0 Å². The summed E-state index contributed by atoms with van der Waals surface area (Å²) in [6, 6.07) is 35.4. The molecule has 0 aliphatic carbocycles. The van der Waals surface area contributed by atoms with Gasteiger partial charge in [-0.05, 0) is 0 Å². The average molecular weight is 370 g/mol. The van der Waals surface area contributed by atoms with Crippen LogP contribution < -0.4 is 5.30 Å². The van der Waals surface area contributed by atoms with Crippen LogP contribution in [0.25, 0.3) is 22.3 Å². The Balaban J connectivity index is 0.000000300. The summed E-state index contributed by atoms with van der Waals surface area (Å²) >= 11 is 0. The van der Waals surface area contributed by atoms with Gasteiger partial charge >= 0.3 is 0 Å². The van der Waals surface area contributed by atoms with E-state index in [1.165, 1.54) is 27.6 Å². The Bertz CT molecular complexity index is 798. The number of hydrogen-bond donors (Lipinski definition) is 0. The first-order valence-electron chi connectivity index (χ1n) is 7.69. The molecule has 0 radical (unpaired) electrons. The van der Waals surface area contributed by atoms with Gasteiger partial charge in [0.25, 0.3) is 0 Å². The summed E-state index contributed by atoms with van der Waals surface area (Å²) in [6.07, 6.45) is 0. The normalized spacial score (nSPS) is 9.54. The molecule has 0 bridgehead atoms. The van der Waals surface area contributed by atoms with E-state index >= 15 is 0 Å². The van der Waals surface area contributed by atoms with Gasteiger partial charge in [-0.2, -0.15) is 15.3 Å². The monoisotopic (exact) mass is 370 g/mol. The van der Waals surface area contributed by atoms with E-state index in [1.54, 1.807) is 0 Å². The van der Waals surface area contributed by atoms with Crippen molar-refractivity contribution in [2.24, 2.45) is 0 Å². The molecule has 126 valence electrons. The van der Waals surface area contributed by atoms with E-state index in [2.05, 4.69) is 82.0 Å². The van der Waals surface area contributed by atoms with Crippen molar-refractivity contribution in [2.75, 3.05) is 0 Å². The van der Waals surface area contributed by atoms with E-state index in [4.69, 9.17) is 0 Å². The van der Waals surface area contributed by atoms with Gasteiger partial charge in [0, 0.05) is 17.1 Å². The molecule has 0 heterocycles. The molecule has 24 heavy (non-hydrogen) atoms. The third-order valence-corrected chi connectivity index (χ3v) is 4.17. The van der Waals surface area contributed by atoms with Gasteiger partial charge in [-0.15, -0.1) is 22.5 Å². The molecule has 0 aliphatic rings. The zero-order chi connectivity index (χ0) is 15.9. The molecule has 1 atom stereocenters. The van der Waals surface area contributed by atoms with Crippen LogP contribution in [0.15, 0.2) is 103 Å². The minimum absolute atomic E-state index is 0.